The van der Waals surface area contributed by atoms with Crippen LogP contribution in [0.5, 0.6) is 0 Å². The molecule has 0 saturated carbocycles. The highest BCUT2D eigenvalue weighted by molar-refractivity contribution is 6.32. The van der Waals surface area contributed by atoms with Gasteiger partial charge in [0.05, 0.1) is 10.6 Å². The summed E-state index contributed by atoms with van der Waals surface area (Å²) in [7, 11) is 0. The number of aromatic nitrogens is 2. The summed E-state index contributed by atoms with van der Waals surface area (Å²) in [4.78, 5) is 10.9. The molecule has 0 aliphatic heterocycles. The summed E-state index contributed by atoms with van der Waals surface area (Å²) in [5.41, 5.74) is 2.64. The average molecular weight is 308 g/mol. The van der Waals surface area contributed by atoms with Gasteiger partial charge < -0.3 is 0 Å². The lowest BCUT2D eigenvalue weighted by atomic mass is 9.91. The first-order chi connectivity index (χ1) is 9.61. The molecule has 2 rings (SSSR count). The van der Waals surface area contributed by atoms with E-state index < -0.39 is 10.3 Å². The molecule has 6 heteroatoms. The zero-order valence-corrected chi connectivity index (χ0v) is 13.5. The van der Waals surface area contributed by atoms with Crippen molar-refractivity contribution in [1.29, 1.82) is 0 Å². The smallest absolute Gasteiger partial charge is 0.258 e. The number of aryl methyl sites for hydroxylation is 2. The maximum Gasteiger partial charge on any atom is 0.330 e. The average Bonchev–Trinajstić information content (AvgIpc) is 2.65. The third kappa shape index (κ3) is 2.93. The van der Waals surface area contributed by atoms with E-state index in [2.05, 4.69) is 5.10 Å². The highest BCUT2D eigenvalue weighted by atomic mass is 35.5. The van der Waals surface area contributed by atoms with E-state index in [1.165, 1.54) is 4.68 Å². The molecule has 0 aliphatic carbocycles. The van der Waals surface area contributed by atoms with Gasteiger partial charge in [-0.05, 0) is 37.1 Å². The molecule has 0 radical (unpaired) electrons. The Bertz CT molecular complexity index is 694. The summed E-state index contributed by atoms with van der Waals surface area (Å²) >= 11 is 6.23. The van der Waals surface area contributed by atoms with Crippen LogP contribution >= 0.6 is 11.6 Å². The van der Waals surface area contributed by atoms with Crippen molar-refractivity contribution >= 4 is 17.3 Å². The van der Waals surface area contributed by atoms with E-state index in [1.807, 2.05) is 52.8 Å². The number of hydrogen-bond donors (Lipinski definition) is 0. The van der Waals surface area contributed by atoms with E-state index >= 15 is 0 Å². The van der Waals surface area contributed by atoms with Gasteiger partial charge >= 0.3 is 5.69 Å². The molecule has 0 unspecified atom stereocenters. The number of halogens is 1. The van der Waals surface area contributed by atoms with Crippen molar-refractivity contribution in [2.24, 2.45) is 0 Å². The molecule has 21 heavy (non-hydrogen) atoms. The van der Waals surface area contributed by atoms with E-state index in [1.54, 1.807) is 0 Å². The van der Waals surface area contributed by atoms with Gasteiger partial charge in [0.25, 0.3) is 0 Å². The van der Waals surface area contributed by atoms with Crippen LogP contribution < -0.4 is 0 Å². The van der Waals surface area contributed by atoms with E-state index in [9.17, 15) is 10.1 Å². The summed E-state index contributed by atoms with van der Waals surface area (Å²) in [6, 6.07) is 5.84. The van der Waals surface area contributed by atoms with Crippen molar-refractivity contribution in [2.75, 3.05) is 0 Å². The van der Waals surface area contributed by atoms with Gasteiger partial charge in [0.2, 0.25) is 5.15 Å². The lowest BCUT2D eigenvalue weighted by Crippen LogP contribution is -2.14. The quantitative estimate of drug-likeness (QED) is 0.612. The largest absolute Gasteiger partial charge is 0.330 e. The first-order valence-electron chi connectivity index (χ1n) is 6.63. The lowest BCUT2D eigenvalue weighted by Gasteiger charge is -2.13. The minimum atomic E-state index is -0.463. The molecule has 0 saturated heterocycles. The fraction of sp³-hybridized carbons (Fsp3) is 0.400. The topological polar surface area (TPSA) is 61.0 Å². The molecule has 2 aromatic rings. The Morgan fingerprint density at radius 3 is 2.10 bits per heavy atom. The van der Waals surface area contributed by atoms with Gasteiger partial charge in [-0.1, -0.05) is 38.4 Å². The van der Waals surface area contributed by atoms with Gasteiger partial charge in [-0.2, -0.15) is 5.10 Å². The summed E-state index contributed by atoms with van der Waals surface area (Å²) in [6.45, 7) is 9.57. The predicted molar refractivity (Wildman–Crippen MR) is 83.4 cm³/mol. The van der Waals surface area contributed by atoms with Crippen LogP contribution in [0.3, 0.4) is 0 Å². The Morgan fingerprint density at radius 1 is 1.19 bits per heavy atom. The molecule has 1 aromatic heterocycles. The standard InChI is InChI=1S/C15H18ClN3O2/c1-9-6-10(2)8-11(7-9)18-14(16)12(19(20)21)13(17-18)15(3,4)5/h6-8H,1-5H3. The monoisotopic (exact) mass is 307 g/mol. The number of hydrogen-bond acceptors (Lipinski definition) is 3. The lowest BCUT2D eigenvalue weighted by molar-refractivity contribution is -0.385. The van der Waals surface area contributed by atoms with Crippen molar-refractivity contribution in [3.8, 4) is 5.69 Å². The molecule has 0 fully saturated rings. The van der Waals surface area contributed by atoms with Crippen LogP contribution in [0, 0.1) is 24.0 Å². The zero-order valence-electron chi connectivity index (χ0n) is 12.8. The number of rotatable bonds is 2. The minimum Gasteiger partial charge on any atom is -0.258 e. The van der Waals surface area contributed by atoms with Crippen molar-refractivity contribution in [3.05, 3.63) is 50.3 Å². The Kier molecular flexibility index (Phi) is 3.80. The SMILES string of the molecule is Cc1cc(C)cc(-n2nc(C(C)(C)C)c([N+](=O)[O-])c2Cl)c1. The molecule has 0 spiro atoms. The van der Waals surface area contributed by atoms with E-state index in [0.717, 1.165) is 16.8 Å². The van der Waals surface area contributed by atoms with Gasteiger partial charge in [0.1, 0.15) is 5.69 Å². The van der Waals surface area contributed by atoms with Crippen LogP contribution in [0.4, 0.5) is 5.69 Å². The maximum absolute atomic E-state index is 11.3. The second-order valence-corrected chi connectivity index (χ2v) is 6.61. The first kappa shape index (κ1) is 15.5. The molecule has 0 N–H and O–H groups in total. The normalized spacial score (nSPS) is 11.7. The molecular formula is C15H18ClN3O2. The Hall–Kier alpha value is -1.88. The number of nitro groups is 1. The van der Waals surface area contributed by atoms with Crippen molar-refractivity contribution in [3.63, 3.8) is 0 Å². The summed E-state index contributed by atoms with van der Waals surface area (Å²) in [5, 5.41) is 15.8. The molecule has 112 valence electrons. The minimum absolute atomic E-state index is 0.0370. The Morgan fingerprint density at radius 2 is 1.71 bits per heavy atom. The molecule has 1 heterocycles. The van der Waals surface area contributed by atoms with E-state index in [4.69, 9.17) is 11.6 Å². The van der Waals surface area contributed by atoms with E-state index in [0.29, 0.717) is 5.69 Å². The third-order valence-corrected chi connectivity index (χ3v) is 3.49. The van der Waals surface area contributed by atoms with Gasteiger partial charge in [-0.15, -0.1) is 0 Å². The second kappa shape index (κ2) is 5.15. The fourth-order valence-electron chi connectivity index (χ4n) is 2.30. The van der Waals surface area contributed by atoms with Crippen LogP contribution in [0.1, 0.15) is 37.6 Å². The first-order valence-corrected chi connectivity index (χ1v) is 7.01. The van der Waals surface area contributed by atoms with Crippen LogP contribution in [-0.2, 0) is 5.41 Å². The molecule has 1 aromatic carbocycles. The summed E-state index contributed by atoms with van der Waals surface area (Å²) in [5.74, 6) is 0. The maximum atomic E-state index is 11.3. The number of benzene rings is 1. The van der Waals surface area contributed by atoms with Crippen LogP contribution in [-0.4, -0.2) is 14.7 Å². The van der Waals surface area contributed by atoms with Crippen molar-refractivity contribution in [2.45, 2.75) is 40.0 Å². The summed E-state index contributed by atoms with van der Waals surface area (Å²) in [6.07, 6.45) is 0. The van der Waals surface area contributed by atoms with E-state index in [-0.39, 0.29) is 10.8 Å². The van der Waals surface area contributed by atoms with Gasteiger partial charge in [-0.25, -0.2) is 4.68 Å². The second-order valence-electron chi connectivity index (χ2n) is 6.25. The van der Waals surface area contributed by atoms with Gasteiger partial charge in [0, 0.05) is 5.41 Å². The predicted octanol–water partition coefficient (Wildman–Crippen LogP) is 4.35. The van der Waals surface area contributed by atoms with Crippen LogP contribution in [0.25, 0.3) is 5.69 Å². The summed E-state index contributed by atoms with van der Waals surface area (Å²) < 4.78 is 1.44. The highest BCUT2D eigenvalue weighted by Crippen LogP contribution is 2.37. The zero-order chi connectivity index (χ0) is 15.9. The molecule has 0 bridgehead atoms. The van der Waals surface area contributed by atoms with Crippen molar-refractivity contribution in [1.82, 2.24) is 9.78 Å². The molecular weight excluding hydrogens is 290 g/mol. The Labute approximate surface area is 128 Å². The molecule has 0 aliphatic rings. The fourth-order valence-corrected chi connectivity index (χ4v) is 2.59. The highest BCUT2D eigenvalue weighted by Gasteiger charge is 2.34. The Balaban J connectivity index is 2.74. The third-order valence-electron chi connectivity index (χ3n) is 3.15. The molecule has 0 atom stereocenters. The van der Waals surface area contributed by atoms with Crippen LogP contribution in [0.15, 0.2) is 18.2 Å². The molecule has 0 amide bonds. The van der Waals surface area contributed by atoms with Gasteiger partial charge in [-0.3, -0.25) is 10.1 Å². The van der Waals surface area contributed by atoms with Crippen molar-refractivity contribution < 1.29 is 4.92 Å². The molecule has 5 nitrogen and oxygen atoms in total. The van der Waals surface area contributed by atoms with Crippen LogP contribution in [0.2, 0.25) is 5.15 Å². The van der Waals surface area contributed by atoms with Gasteiger partial charge in [0.15, 0.2) is 0 Å². The number of nitrogens with zero attached hydrogens (tertiary/aromatic N) is 3.